The Morgan fingerprint density at radius 2 is 1.93 bits per heavy atom. The van der Waals surface area contributed by atoms with E-state index in [4.69, 9.17) is 9.47 Å². The lowest BCUT2D eigenvalue weighted by Crippen LogP contribution is -2.30. The van der Waals surface area contributed by atoms with Crippen LogP contribution in [0, 0.1) is 0 Å². The number of hydrogen-bond acceptors (Lipinski definition) is 5. The number of ether oxygens (including phenoxy) is 2. The molecule has 1 aromatic heterocycles. The van der Waals surface area contributed by atoms with E-state index in [2.05, 4.69) is 14.8 Å². The summed E-state index contributed by atoms with van der Waals surface area (Å²) in [6, 6.07) is 5.77. The van der Waals surface area contributed by atoms with Gasteiger partial charge in [-0.1, -0.05) is 12.5 Å². The summed E-state index contributed by atoms with van der Waals surface area (Å²) in [5.41, 5.74) is 0.926. The second-order valence-electron chi connectivity index (χ2n) is 7.86. The summed E-state index contributed by atoms with van der Waals surface area (Å²) in [5, 5.41) is 8.91. The highest BCUT2D eigenvalue weighted by Gasteiger charge is 2.33. The van der Waals surface area contributed by atoms with Crippen molar-refractivity contribution in [2.75, 3.05) is 19.8 Å². The van der Waals surface area contributed by atoms with Crippen molar-refractivity contribution in [3.8, 4) is 11.5 Å². The summed E-state index contributed by atoms with van der Waals surface area (Å²) in [4.78, 5) is 14.9. The van der Waals surface area contributed by atoms with E-state index in [-0.39, 0.29) is 11.9 Å². The van der Waals surface area contributed by atoms with Crippen LogP contribution in [0.25, 0.3) is 6.08 Å². The van der Waals surface area contributed by atoms with Crippen molar-refractivity contribution in [2.24, 2.45) is 0 Å². The van der Waals surface area contributed by atoms with Gasteiger partial charge in [-0.15, -0.1) is 10.2 Å². The Balaban J connectivity index is 1.33. The maximum absolute atomic E-state index is 13.0. The first kappa shape index (κ1) is 18.2. The van der Waals surface area contributed by atoms with Gasteiger partial charge >= 0.3 is 0 Å². The first-order valence-corrected chi connectivity index (χ1v) is 10.6. The van der Waals surface area contributed by atoms with E-state index in [1.165, 1.54) is 12.8 Å². The molecule has 3 aliphatic heterocycles. The van der Waals surface area contributed by atoms with Crippen molar-refractivity contribution < 1.29 is 14.3 Å². The van der Waals surface area contributed by atoms with Gasteiger partial charge in [0.05, 0.1) is 6.04 Å². The Hall–Kier alpha value is -2.83. The Bertz CT molecular complexity index is 936. The smallest absolute Gasteiger partial charge is 0.247 e. The lowest BCUT2D eigenvalue weighted by Gasteiger charge is -2.23. The Kier molecular flexibility index (Phi) is 4.96. The van der Waals surface area contributed by atoms with E-state index in [1.807, 2.05) is 29.2 Å². The zero-order chi connectivity index (χ0) is 19.6. The molecular weight excluding hydrogens is 368 g/mol. The maximum atomic E-state index is 13.0. The SMILES string of the molecule is O=C(/C=C/c1ccc2c(c1)OCCO2)N1CCCC1c1nnc2n1CCCCC2. The molecule has 0 N–H and O–H groups in total. The van der Waals surface area contributed by atoms with Crippen molar-refractivity contribution in [1.82, 2.24) is 19.7 Å². The van der Waals surface area contributed by atoms with Crippen molar-refractivity contribution in [3.63, 3.8) is 0 Å². The van der Waals surface area contributed by atoms with E-state index in [9.17, 15) is 4.79 Å². The third kappa shape index (κ3) is 3.61. The quantitative estimate of drug-likeness (QED) is 0.748. The zero-order valence-corrected chi connectivity index (χ0v) is 16.5. The second kappa shape index (κ2) is 7.89. The number of amides is 1. The van der Waals surface area contributed by atoms with E-state index < -0.39 is 0 Å². The largest absolute Gasteiger partial charge is 0.486 e. The molecule has 5 rings (SSSR count). The molecule has 152 valence electrons. The van der Waals surface area contributed by atoms with Gasteiger partial charge in [-0.2, -0.15) is 0 Å². The molecule has 0 radical (unpaired) electrons. The standard InChI is InChI=1S/C22H26N4O3/c27-21(10-8-16-7-9-18-19(15-16)29-14-13-28-18)25-12-4-5-17(25)22-24-23-20-6-2-1-3-11-26(20)22/h7-10,15,17H,1-6,11-14H2/b10-8+. The molecule has 1 unspecified atom stereocenters. The van der Waals surface area contributed by atoms with Crippen LogP contribution in [0.3, 0.4) is 0 Å². The van der Waals surface area contributed by atoms with Crippen LogP contribution >= 0.6 is 0 Å². The van der Waals surface area contributed by atoms with Crippen molar-refractivity contribution in [2.45, 2.75) is 51.1 Å². The van der Waals surface area contributed by atoms with Crippen molar-refractivity contribution in [1.29, 1.82) is 0 Å². The number of benzene rings is 1. The van der Waals surface area contributed by atoms with Gasteiger partial charge in [-0.25, -0.2) is 0 Å². The fraction of sp³-hybridized carbons (Fsp3) is 0.500. The summed E-state index contributed by atoms with van der Waals surface area (Å²) in [6.07, 6.45) is 9.99. The molecule has 1 fully saturated rings. The van der Waals surface area contributed by atoms with Crippen LogP contribution in [0.15, 0.2) is 24.3 Å². The Labute approximate surface area is 170 Å². The molecule has 4 heterocycles. The summed E-state index contributed by atoms with van der Waals surface area (Å²) >= 11 is 0. The van der Waals surface area contributed by atoms with Crippen molar-refractivity contribution >= 4 is 12.0 Å². The highest BCUT2D eigenvalue weighted by molar-refractivity contribution is 5.92. The number of aryl methyl sites for hydroxylation is 1. The minimum Gasteiger partial charge on any atom is -0.486 e. The van der Waals surface area contributed by atoms with Gasteiger partial charge in [0.25, 0.3) is 0 Å². The van der Waals surface area contributed by atoms with E-state index in [1.54, 1.807) is 6.08 Å². The molecule has 0 spiro atoms. The fourth-order valence-electron chi connectivity index (χ4n) is 4.48. The molecular formula is C22H26N4O3. The molecule has 0 bridgehead atoms. The molecule has 1 saturated heterocycles. The van der Waals surface area contributed by atoms with Crippen LogP contribution in [0.1, 0.15) is 55.4 Å². The average molecular weight is 394 g/mol. The highest BCUT2D eigenvalue weighted by atomic mass is 16.6. The molecule has 3 aliphatic rings. The third-order valence-corrected chi connectivity index (χ3v) is 5.96. The normalized spacial score (nSPS) is 21.2. The van der Waals surface area contributed by atoms with Gasteiger partial charge in [-0.05, 0) is 49.5 Å². The monoisotopic (exact) mass is 394 g/mol. The van der Waals surface area contributed by atoms with Gasteiger partial charge < -0.3 is 18.9 Å². The van der Waals surface area contributed by atoms with Crippen LogP contribution in [0.2, 0.25) is 0 Å². The molecule has 2 aromatic rings. The molecule has 7 nitrogen and oxygen atoms in total. The first-order valence-electron chi connectivity index (χ1n) is 10.6. The minimum atomic E-state index is 0.0202. The van der Waals surface area contributed by atoms with E-state index in [0.29, 0.717) is 13.2 Å². The van der Waals surface area contributed by atoms with Gasteiger partial charge in [0, 0.05) is 25.6 Å². The van der Waals surface area contributed by atoms with E-state index >= 15 is 0 Å². The predicted octanol–water partition coefficient (Wildman–Crippen LogP) is 3.15. The predicted molar refractivity (Wildman–Crippen MR) is 108 cm³/mol. The molecule has 7 heteroatoms. The fourth-order valence-corrected chi connectivity index (χ4v) is 4.48. The van der Waals surface area contributed by atoms with Gasteiger partial charge in [-0.3, -0.25) is 4.79 Å². The summed E-state index contributed by atoms with van der Waals surface area (Å²) in [5.74, 6) is 3.54. The highest BCUT2D eigenvalue weighted by Crippen LogP contribution is 2.33. The molecule has 0 saturated carbocycles. The number of fused-ring (bicyclic) bond motifs is 2. The second-order valence-corrected chi connectivity index (χ2v) is 7.86. The van der Waals surface area contributed by atoms with Gasteiger partial charge in [0.2, 0.25) is 5.91 Å². The number of nitrogens with zero attached hydrogens (tertiary/aromatic N) is 4. The minimum absolute atomic E-state index is 0.0202. The first-order chi connectivity index (χ1) is 14.3. The Morgan fingerprint density at radius 3 is 2.86 bits per heavy atom. The molecule has 1 amide bonds. The van der Waals surface area contributed by atoms with Crippen LogP contribution in [0.5, 0.6) is 11.5 Å². The Morgan fingerprint density at radius 1 is 1.03 bits per heavy atom. The number of likely N-dealkylation sites (tertiary alicyclic amines) is 1. The van der Waals surface area contributed by atoms with Crippen molar-refractivity contribution in [3.05, 3.63) is 41.5 Å². The van der Waals surface area contributed by atoms with Crippen LogP contribution in [0.4, 0.5) is 0 Å². The van der Waals surface area contributed by atoms with Crippen LogP contribution in [-0.2, 0) is 17.8 Å². The summed E-state index contributed by atoms with van der Waals surface area (Å²) in [7, 11) is 0. The lowest BCUT2D eigenvalue weighted by atomic mass is 10.1. The topological polar surface area (TPSA) is 69.5 Å². The molecule has 29 heavy (non-hydrogen) atoms. The average Bonchev–Trinajstić information content (AvgIpc) is 3.32. The van der Waals surface area contributed by atoms with Gasteiger partial charge in [0.15, 0.2) is 17.3 Å². The number of aromatic nitrogens is 3. The molecule has 1 aromatic carbocycles. The van der Waals surface area contributed by atoms with Crippen LogP contribution in [-0.4, -0.2) is 45.3 Å². The number of carbonyl (C=O) groups excluding carboxylic acids is 1. The van der Waals surface area contributed by atoms with Crippen LogP contribution < -0.4 is 9.47 Å². The lowest BCUT2D eigenvalue weighted by molar-refractivity contribution is -0.127. The summed E-state index contributed by atoms with van der Waals surface area (Å²) < 4.78 is 13.4. The molecule has 0 aliphatic carbocycles. The number of hydrogen-bond donors (Lipinski definition) is 0. The molecule has 1 atom stereocenters. The van der Waals surface area contributed by atoms with Gasteiger partial charge in [0.1, 0.15) is 19.0 Å². The van der Waals surface area contributed by atoms with E-state index in [0.717, 1.165) is 67.5 Å². The zero-order valence-electron chi connectivity index (χ0n) is 16.5. The third-order valence-electron chi connectivity index (χ3n) is 5.96. The maximum Gasteiger partial charge on any atom is 0.247 e. The summed E-state index contributed by atoms with van der Waals surface area (Å²) in [6.45, 7) is 2.85. The number of carbonyl (C=O) groups is 1. The number of rotatable bonds is 3.